The fraction of sp³-hybridized carbons (Fsp3) is 0.867. The van der Waals surface area contributed by atoms with E-state index in [0.29, 0.717) is 0 Å². The molecule has 0 bridgehead atoms. The van der Waals surface area contributed by atoms with Gasteiger partial charge in [-0.25, -0.2) is 0 Å². The first kappa shape index (κ1) is 29.7. The van der Waals surface area contributed by atoms with Crippen LogP contribution in [0.5, 0.6) is 0 Å². The SMILES string of the molecule is C=C(C)C(O)OC(CCC(O)(C(F)(F)F)C(F)(F)F)CCC(O)(C(F)(F)F)C(F)(F)F. The highest BCUT2D eigenvalue weighted by atomic mass is 19.4. The maximum Gasteiger partial charge on any atom is 0.426 e. The number of halogens is 12. The van der Waals surface area contributed by atoms with Crippen LogP contribution in [-0.2, 0) is 4.74 Å². The van der Waals surface area contributed by atoms with Gasteiger partial charge in [0.2, 0.25) is 0 Å². The quantitative estimate of drug-likeness (QED) is 0.252. The summed E-state index contributed by atoms with van der Waals surface area (Å²) in [4.78, 5) is 0. The number of aliphatic hydroxyl groups is 3. The van der Waals surface area contributed by atoms with Crippen LogP contribution in [0.3, 0.4) is 0 Å². The molecular formula is C15H18F12O4. The van der Waals surface area contributed by atoms with Gasteiger partial charge in [-0.3, -0.25) is 0 Å². The fourth-order valence-electron chi connectivity index (χ4n) is 2.21. The van der Waals surface area contributed by atoms with Crippen LogP contribution in [0.25, 0.3) is 0 Å². The van der Waals surface area contributed by atoms with Gasteiger partial charge in [-0.1, -0.05) is 6.58 Å². The highest BCUT2D eigenvalue weighted by Crippen LogP contribution is 2.48. The van der Waals surface area contributed by atoms with Gasteiger partial charge in [0.05, 0.1) is 6.10 Å². The molecule has 0 aromatic carbocycles. The molecule has 0 amide bonds. The lowest BCUT2D eigenvalue weighted by atomic mass is 9.89. The molecule has 0 saturated carbocycles. The Morgan fingerprint density at radius 3 is 1.16 bits per heavy atom. The van der Waals surface area contributed by atoms with E-state index in [-0.39, 0.29) is 5.57 Å². The Hall–Kier alpha value is -1.26. The number of rotatable bonds is 9. The molecule has 0 aromatic rings. The third-order valence-electron chi connectivity index (χ3n) is 4.27. The average molecular weight is 490 g/mol. The molecule has 4 nitrogen and oxygen atoms in total. The summed E-state index contributed by atoms with van der Waals surface area (Å²) in [6, 6.07) is 0. The molecule has 0 aliphatic rings. The van der Waals surface area contributed by atoms with Gasteiger partial charge in [-0.15, -0.1) is 0 Å². The first-order valence-electron chi connectivity index (χ1n) is 8.11. The highest BCUT2D eigenvalue weighted by molar-refractivity contribution is 4.97. The highest BCUT2D eigenvalue weighted by Gasteiger charge is 2.71. The second-order valence-electron chi connectivity index (χ2n) is 6.75. The van der Waals surface area contributed by atoms with Crippen LogP contribution in [0.1, 0.15) is 32.6 Å². The Kier molecular flexibility index (Phi) is 8.93. The van der Waals surface area contributed by atoms with Crippen molar-refractivity contribution in [1.82, 2.24) is 0 Å². The van der Waals surface area contributed by atoms with Crippen molar-refractivity contribution in [2.75, 3.05) is 0 Å². The lowest BCUT2D eigenvalue weighted by molar-refractivity contribution is -0.373. The Labute approximate surface area is 167 Å². The van der Waals surface area contributed by atoms with Crippen molar-refractivity contribution in [3.05, 3.63) is 12.2 Å². The van der Waals surface area contributed by atoms with Gasteiger partial charge in [-0.05, 0) is 38.2 Å². The molecular weight excluding hydrogens is 472 g/mol. The van der Waals surface area contributed by atoms with E-state index in [1.54, 1.807) is 0 Å². The van der Waals surface area contributed by atoms with E-state index < -0.39 is 74.0 Å². The maximum absolute atomic E-state index is 12.7. The molecule has 3 N–H and O–H groups in total. The first-order valence-corrected chi connectivity index (χ1v) is 8.11. The van der Waals surface area contributed by atoms with Crippen molar-refractivity contribution in [2.45, 2.75) is 80.9 Å². The third kappa shape index (κ3) is 6.86. The molecule has 0 spiro atoms. The minimum Gasteiger partial charge on any atom is -0.374 e. The molecule has 0 heterocycles. The van der Waals surface area contributed by atoms with Crippen molar-refractivity contribution in [3.63, 3.8) is 0 Å². The Balaban J connectivity index is 5.82. The molecule has 0 rings (SSSR count). The predicted molar refractivity (Wildman–Crippen MR) is 78.3 cm³/mol. The third-order valence-corrected chi connectivity index (χ3v) is 4.27. The van der Waals surface area contributed by atoms with Gasteiger partial charge < -0.3 is 20.1 Å². The van der Waals surface area contributed by atoms with Gasteiger partial charge >= 0.3 is 24.7 Å². The molecule has 31 heavy (non-hydrogen) atoms. The minimum absolute atomic E-state index is 0.339. The molecule has 0 aromatic heterocycles. The second kappa shape index (κ2) is 9.31. The van der Waals surface area contributed by atoms with Crippen molar-refractivity contribution >= 4 is 0 Å². The predicted octanol–water partition coefficient (Wildman–Crippen LogP) is 4.54. The van der Waals surface area contributed by atoms with Crippen molar-refractivity contribution in [2.24, 2.45) is 0 Å². The summed E-state index contributed by atoms with van der Waals surface area (Å²) in [5.74, 6) is 0. The van der Waals surface area contributed by atoms with Gasteiger partial charge in [0, 0.05) is 0 Å². The summed E-state index contributed by atoms with van der Waals surface area (Å²) >= 11 is 0. The average Bonchev–Trinajstić information content (AvgIpc) is 2.51. The number of aliphatic hydroxyl groups excluding tert-OH is 1. The van der Waals surface area contributed by atoms with Crippen LogP contribution in [-0.4, -0.2) is 63.6 Å². The Bertz CT molecular complexity index is 535. The molecule has 0 aliphatic carbocycles. The van der Waals surface area contributed by atoms with Crippen LogP contribution in [0.15, 0.2) is 12.2 Å². The van der Waals surface area contributed by atoms with E-state index in [0.717, 1.165) is 6.92 Å². The lowest BCUT2D eigenvalue weighted by Crippen LogP contribution is -2.58. The normalized spacial score (nSPS) is 16.0. The zero-order valence-corrected chi connectivity index (χ0v) is 15.5. The van der Waals surface area contributed by atoms with E-state index >= 15 is 0 Å². The molecule has 186 valence electrons. The van der Waals surface area contributed by atoms with Crippen LogP contribution in [0.4, 0.5) is 52.7 Å². The maximum atomic E-state index is 12.7. The number of ether oxygens (including phenoxy) is 1. The summed E-state index contributed by atoms with van der Waals surface area (Å²) < 4.78 is 157. The molecule has 16 heteroatoms. The van der Waals surface area contributed by atoms with Gasteiger partial charge in [-0.2, -0.15) is 52.7 Å². The van der Waals surface area contributed by atoms with Crippen molar-refractivity contribution in [1.29, 1.82) is 0 Å². The fourth-order valence-corrected chi connectivity index (χ4v) is 2.21. The second-order valence-corrected chi connectivity index (χ2v) is 6.75. The summed E-state index contributed by atoms with van der Waals surface area (Å²) in [6.07, 6.45) is -37.4. The first-order chi connectivity index (χ1) is 13.4. The van der Waals surface area contributed by atoms with E-state index in [4.69, 9.17) is 10.2 Å². The van der Waals surface area contributed by atoms with E-state index in [1.807, 2.05) is 0 Å². The molecule has 0 saturated heterocycles. The lowest BCUT2D eigenvalue weighted by Gasteiger charge is -2.35. The largest absolute Gasteiger partial charge is 0.426 e. The van der Waals surface area contributed by atoms with E-state index in [1.165, 1.54) is 0 Å². The van der Waals surface area contributed by atoms with E-state index in [9.17, 15) is 57.8 Å². The zero-order valence-electron chi connectivity index (χ0n) is 15.5. The van der Waals surface area contributed by atoms with Crippen molar-refractivity contribution < 1.29 is 72.7 Å². The van der Waals surface area contributed by atoms with Crippen LogP contribution < -0.4 is 0 Å². The van der Waals surface area contributed by atoms with Crippen LogP contribution >= 0.6 is 0 Å². The summed E-state index contributed by atoms with van der Waals surface area (Å²) in [7, 11) is 0. The van der Waals surface area contributed by atoms with Gasteiger partial charge in [0.25, 0.3) is 11.2 Å². The monoisotopic (exact) mass is 490 g/mol. The molecule has 1 atom stereocenters. The number of alkyl halides is 12. The number of hydrogen-bond acceptors (Lipinski definition) is 4. The molecule has 1 unspecified atom stereocenters. The summed E-state index contributed by atoms with van der Waals surface area (Å²) in [5, 5.41) is 27.6. The Morgan fingerprint density at radius 1 is 0.710 bits per heavy atom. The van der Waals surface area contributed by atoms with Crippen molar-refractivity contribution in [3.8, 4) is 0 Å². The standard InChI is InChI=1S/C15H18F12O4/c1-7(2)9(28)31-8(3-5-10(29,12(16,17)18)13(19,20)21)4-6-11(30,14(22,23)24)15(25,26)27/h8-9,28-30H,1,3-6H2,2H3. The van der Waals surface area contributed by atoms with Crippen LogP contribution in [0.2, 0.25) is 0 Å². The van der Waals surface area contributed by atoms with Gasteiger partial charge in [0.15, 0.2) is 6.29 Å². The Morgan fingerprint density at radius 2 is 0.968 bits per heavy atom. The zero-order chi connectivity index (χ0) is 25.3. The van der Waals surface area contributed by atoms with E-state index in [2.05, 4.69) is 11.3 Å². The molecule has 0 fully saturated rings. The molecule has 0 radical (unpaired) electrons. The topological polar surface area (TPSA) is 69.9 Å². The summed E-state index contributed by atoms with van der Waals surface area (Å²) in [6.45, 7) is 4.11. The molecule has 0 aliphatic heterocycles. The summed E-state index contributed by atoms with van der Waals surface area (Å²) in [5.41, 5.74) is -11.1. The van der Waals surface area contributed by atoms with Gasteiger partial charge in [0.1, 0.15) is 0 Å². The smallest absolute Gasteiger partial charge is 0.374 e. The van der Waals surface area contributed by atoms with Crippen LogP contribution in [0, 0.1) is 0 Å². The number of hydrogen-bond donors (Lipinski definition) is 3. The minimum atomic E-state index is -6.30.